The number of aromatic nitrogens is 2. The molecule has 1 unspecified atom stereocenters. The number of ether oxygens (including phenoxy) is 1. The predicted molar refractivity (Wildman–Crippen MR) is 93.7 cm³/mol. The number of likely N-dealkylation sites (N-methyl/N-ethyl adjacent to an activating group) is 1. The first-order chi connectivity index (χ1) is 11.3. The predicted octanol–water partition coefficient (Wildman–Crippen LogP) is 2.89. The zero-order valence-electron chi connectivity index (χ0n) is 14.9. The van der Waals surface area contributed by atoms with E-state index in [0.717, 1.165) is 10.7 Å². The Hall–Kier alpha value is -1.99. The topological polar surface area (TPSA) is 75.3 Å². The summed E-state index contributed by atoms with van der Waals surface area (Å²) < 4.78 is 4.79. The normalized spacial score (nSPS) is 12.5. The zero-order valence-corrected chi connectivity index (χ0v) is 15.7. The van der Waals surface area contributed by atoms with E-state index in [1.54, 1.807) is 25.2 Å². The van der Waals surface area contributed by atoms with Crippen molar-refractivity contribution in [2.45, 2.75) is 40.3 Å². The van der Waals surface area contributed by atoms with Crippen molar-refractivity contribution in [1.29, 1.82) is 0 Å². The minimum atomic E-state index is -0.431. The molecule has 0 radical (unpaired) electrons. The maximum atomic E-state index is 12.8. The number of Topliss-reactive ketones (excluding diaryl/α,β-unsaturated/α-hetero) is 1. The van der Waals surface area contributed by atoms with Crippen LogP contribution in [0.3, 0.4) is 0 Å². The third-order valence-corrected chi connectivity index (χ3v) is 5.01. The van der Waals surface area contributed by atoms with Crippen LogP contribution in [0.5, 0.6) is 0 Å². The number of nitrogens with zero attached hydrogens (tertiary/aromatic N) is 2. The van der Waals surface area contributed by atoms with E-state index in [1.807, 2.05) is 31.2 Å². The molecule has 0 amide bonds. The number of carbonyl (C=O) groups is 2. The number of nitrogens with one attached hydrogen (secondary N) is 1. The molecule has 0 aliphatic carbocycles. The van der Waals surface area contributed by atoms with Crippen molar-refractivity contribution < 1.29 is 14.3 Å². The molecule has 1 N–H and O–H groups in total. The first kappa shape index (κ1) is 18.4. The first-order valence-electron chi connectivity index (χ1n) is 7.69. The van der Waals surface area contributed by atoms with Crippen LogP contribution in [0.15, 0.2) is 5.38 Å². The van der Waals surface area contributed by atoms with E-state index in [9.17, 15) is 9.59 Å². The van der Waals surface area contributed by atoms with E-state index < -0.39 is 5.97 Å². The number of carbonyl (C=O) groups excluding carboxylic acids is 2. The summed E-state index contributed by atoms with van der Waals surface area (Å²) in [5.41, 5.74) is 3.13. The number of hydrogen-bond acceptors (Lipinski definition) is 6. The molecule has 0 bridgehead atoms. The Balaban J connectivity index is 2.20. The fourth-order valence-electron chi connectivity index (χ4n) is 2.69. The Labute approximate surface area is 145 Å². The van der Waals surface area contributed by atoms with Gasteiger partial charge in [-0.15, -0.1) is 11.3 Å². The molecule has 2 aromatic heterocycles. The van der Waals surface area contributed by atoms with Crippen molar-refractivity contribution in [3.05, 3.63) is 38.6 Å². The van der Waals surface area contributed by atoms with Crippen molar-refractivity contribution in [1.82, 2.24) is 14.9 Å². The fourth-order valence-corrected chi connectivity index (χ4v) is 3.29. The fraction of sp³-hybridized carbons (Fsp3) is 0.471. The van der Waals surface area contributed by atoms with Gasteiger partial charge in [0.15, 0.2) is 5.78 Å². The van der Waals surface area contributed by atoms with Gasteiger partial charge in [0, 0.05) is 17.6 Å². The van der Waals surface area contributed by atoms with Crippen LogP contribution in [-0.2, 0) is 11.3 Å². The minimum Gasteiger partial charge on any atom is -0.465 e. The Morgan fingerprint density at radius 2 is 2.04 bits per heavy atom. The summed E-state index contributed by atoms with van der Waals surface area (Å²) >= 11 is 1.60. The number of esters is 1. The van der Waals surface area contributed by atoms with Crippen LogP contribution in [0.1, 0.15) is 49.7 Å². The van der Waals surface area contributed by atoms with Crippen molar-refractivity contribution in [3.8, 4) is 0 Å². The quantitative estimate of drug-likeness (QED) is 0.641. The van der Waals surface area contributed by atoms with Crippen LogP contribution < -0.4 is 0 Å². The summed E-state index contributed by atoms with van der Waals surface area (Å²) in [6.45, 7) is 7.94. The van der Waals surface area contributed by atoms with Gasteiger partial charge in [0.25, 0.3) is 0 Å². The molecule has 0 fully saturated rings. The van der Waals surface area contributed by atoms with E-state index in [-0.39, 0.29) is 11.8 Å². The van der Waals surface area contributed by atoms with Gasteiger partial charge in [-0.3, -0.25) is 9.69 Å². The van der Waals surface area contributed by atoms with Gasteiger partial charge in [-0.25, -0.2) is 9.78 Å². The van der Waals surface area contributed by atoms with E-state index >= 15 is 0 Å². The SMILES string of the molecule is COC(=O)c1c(C)[nH]c(C(=O)C(C)N(C)Cc2csc(C)n2)c1C. The standard InChI is InChI=1S/C17H23N3O3S/c1-9-14(17(22)23-6)10(2)18-15(9)16(21)11(3)20(5)7-13-8-24-12(4)19-13/h8,11,18H,7H2,1-6H3. The molecule has 2 heterocycles. The van der Waals surface area contributed by atoms with Crippen molar-refractivity contribution in [2.75, 3.05) is 14.2 Å². The van der Waals surface area contributed by atoms with Gasteiger partial charge in [0.1, 0.15) is 0 Å². The van der Waals surface area contributed by atoms with E-state index in [1.165, 1.54) is 7.11 Å². The highest BCUT2D eigenvalue weighted by molar-refractivity contribution is 7.09. The number of H-pyrrole nitrogens is 1. The van der Waals surface area contributed by atoms with Gasteiger partial charge >= 0.3 is 5.97 Å². The number of thiazole rings is 1. The van der Waals surface area contributed by atoms with Crippen LogP contribution in [-0.4, -0.2) is 46.8 Å². The summed E-state index contributed by atoms with van der Waals surface area (Å²) in [5.74, 6) is -0.487. The highest BCUT2D eigenvalue weighted by Gasteiger charge is 2.27. The zero-order chi connectivity index (χ0) is 18.0. The molecule has 7 heteroatoms. The number of aromatic amines is 1. The van der Waals surface area contributed by atoms with Crippen LogP contribution in [0.25, 0.3) is 0 Å². The lowest BCUT2D eigenvalue weighted by molar-refractivity contribution is 0.0599. The molecule has 0 aliphatic rings. The second-order valence-corrected chi connectivity index (χ2v) is 6.99. The van der Waals surface area contributed by atoms with Gasteiger partial charge in [-0.1, -0.05) is 0 Å². The average Bonchev–Trinajstić information content (AvgIpc) is 3.08. The molecule has 0 aliphatic heterocycles. The summed E-state index contributed by atoms with van der Waals surface area (Å²) in [7, 11) is 3.23. The number of ketones is 1. The molecule has 1 atom stereocenters. The summed E-state index contributed by atoms with van der Waals surface area (Å²) in [4.78, 5) is 34.1. The molecule has 24 heavy (non-hydrogen) atoms. The largest absolute Gasteiger partial charge is 0.465 e. The summed E-state index contributed by atoms with van der Waals surface area (Å²) in [6, 6.07) is -0.339. The number of methoxy groups -OCH3 is 1. The monoisotopic (exact) mass is 349 g/mol. The first-order valence-corrected chi connectivity index (χ1v) is 8.57. The Morgan fingerprint density at radius 3 is 2.58 bits per heavy atom. The lowest BCUT2D eigenvalue weighted by Gasteiger charge is -2.22. The van der Waals surface area contributed by atoms with E-state index in [4.69, 9.17) is 4.74 Å². The molecule has 0 spiro atoms. The molecule has 2 aromatic rings. The Kier molecular flexibility index (Phi) is 5.56. The van der Waals surface area contributed by atoms with Crippen LogP contribution in [0.4, 0.5) is 0 Å². The van der Waals surface area contributed by atoms with E-state index in [2.05, 4.69) is 9.97 Å². The Bertz CT molecular complexity index is 763. The second-order valence-electron chi connectivity index (χ2n) is 5.93. The van der Waals surface area contributed by atoms with Crippen LogP contribution in [0, 0.1) is 20.8 Å². The third kappa shape index (κ3) is 3.57. The van der Waals surface area contributed by atoms with Crippen molar-refractivity contribution >= 4 is 23.1 Å². The average molecular weight is 349 g/mol. The van der Waals surface area contributed by atoms with E-state index in [0.29, 0.717) is 29.1 Å². The van der Waals surface area contributed by atoms with Gasteiger partial charge in [0.2, 0.25) is 0 Å². The van der Waals surface area contributed by atoms with Gasteiger partial charge in [-0.2, -0.15) is 0 Å². The van der Waals surface area contributed by atoms with Crippen LogP contribution in [0.2, 0.25) is 0 Å². The van der Waals surface area contributed by atoms with Gasteiger partial charge in [0.05, 0.1) is 35.1 Å². The molecule has 6 nitrogen and oxygen atoms in total. The van der Waals surface area contributed by atoms with Gasteiger partial charge < -0.3 is 9.72 Å². The van der Waals surface area contributed by atoms with Crippen molar-refractivity contribution in [3.63, 3.8) is 0 Å². The number of rotatable bonds is 6. The van der Waals surface area contributed by atoms with Gasteiger partial charge in [-0.05, 0) is 40.3 Å². The van der Waals surface area contributed by atoms with Crippen LogP contribution >= 0.6 is 11.3 Å². The second kappa shape index (κ2) is 7.27. The molecule has 0 aromatic carbocycles. The summed E-state index contributed by atoms with van der Waals surface area (Å²) in [5, 5.41) is 3.01. The smallest absolute Gasteiger partial charge is 0.339 e. The van der Waals surface area contributed by atoms with Crippen molar-refractivity contribution in [2.24, 2.45) is 0 Å². The maximum absolute atomic E-state index is 12.8. The number of hydrogen-bond donors (Lipinski definition) is 1. The lowest BCUT2D eigenvalue weighted by Crippen LogP contribution is -2.36. The highest BCUT2D eigenvalue weighted by atomic mass is 32.1. The Morgan fingerprint density at radius 1 is 1.38 bits per heavy atom. The molecule has 2 rings (SSSR count). The molecule has 0 saturated heterocycles. The highest BCUT2D eigenvalue weighted by Crippen LogP contribution is 2.21. The summed E-state index contributed by atoms with van der Waals surface area (Å²) in [6.07, 6.45) is 0. The lowest BCUT2D eigenvalue weighted by atomic mass is 10.0. The minimum absolute atomic E-state index is 0.0554. The number of aryl methyl sites for hydroxylation is 2. The molecule has 0 saturated carbocycles. The maximum Gasteiger partial charge on any atom is 0.339 e. The molecular weight excluding hydrogens is 326 g/mol. The molecular formula is C17H23N3O3S. The third-order valence-electron chi connectivity index (χ3n) is 4.19. The molecule has 130 valence electrons.